The summed E-state index contributed by atoms with van der Waals surface area (Å²) in [6.07, 6.45) is 3.07. The van der Waals surface area contributed by atoms with Crippen LogP contribution in [-0.4, -0.2) is 33.7 Å². The molecule has 0 aliphatic rings. The maximum Gasteiger partial charge on any atom is 0.255 e. The van der Waals surface area contributed by atoms with Crippen molar-refractivity contribution in [1.29, 1.82) is 0 Å². The van der Waals surface area contributed by atoms with E-state index in [1.165, 1.54) is 13.3 Å². The first-order chi connectivity index (χ1) is 10.9. The number of hydrogen-bond acceptors (Lipinski definition) is 4. The molecule has 0 saturated carbocycles. The zero-order valence-electron chi connectivity index (χ0n) is 13.1. The topological polar surface area (TPSA) is 75.2 Å². The van der Waals surface area contributed by atoms with Crippen LogP contribution in [0.5, 0.6) is 0 Å². The lowest BCUT2D eigenvalue weighted by Gasteiger charge is -2.25. The Balaban J connectivity index is 2.27. The van der Waals surface area contributed by atoms with E-state index in [-0.39, 0.29) is 17.9 Å². The molecular weight excluding hydrogens is 316 g/mol. The molecule has 7 heteroatoms. The summed E-state index contributed by atoms with van der Waals surface area (Å²) in [5.41, 5.74) is 1.57. The lowest BCUT2D eigenvalue weighted by Crippen LogP contribution is -2.30. The number of amides is 2. The van der Waals surface area contributed by atoms with Gasteiger partial charge < -0.3 is 10.2 Å². The molecule has 2 amide bonds. The minimum absolute atomic E-state index is 0.214. The Morgan fingerprint density at radius 1 is 1.30 bits per heavy atom. The molecule has 1 aromatic heterocycles. The number of rotatable bonds is 4. The van der Waals surface area contributed by atoms with Gasteiger partial charge in [0.1, 0.15) is 6.33 Å². The molecule has 0 bridgehead atoms. The number of aromatic nitrogens is 2. The molecule has 0 radical (unpaired) electrons. The van der Waals surface area contributed by atoms with Crippen LogP contribution in [-0.2, 0) is 4.79 Å². The molecule has 0 unspecified atom stereocenters. The smallest absolute Gasteiger partial charge is 0.255 e. The maximum atomic E-state index is 12.7. The fraction of sp³-hybridized carbons (Fsp3) is 0.250. The maximum absolute atomic E-state index is 12.7. The van der Waals surface area contributed by atoms with Gasteiger partial charge in [-0.05, 0) is 31.2 Å². The highest BCUT2D eigenvalue weighted by Crippen LogP contribution is 2.25. The van der Waals surface area contributed by atoms with Crippen molar-refractivity contribution in [2.45, 2.75) is 19.9 Å². The number of hydrogen-bond donors (Lipinski definition) is 1. The zero-order chi connectivity index (χ0) is 17.0. The highest BCUT2D eigenvalue weighted by molar-refractivity contribution is 6.34. The number of nitrogens with one attached hydrogen (secondary N) is 1. The van der Waals surface area contributed by atoms with Gasteiger partial charge in [0, 0.05) is 25.9 Å². The SMILES string of the molecule is CC(=O)Nc1ccc(Cl)c(C(=O)N(C)[C@@H](C)c2ccncn2)c1. The van der Waals surface area contributed by atoms with E-state index in [1.807, 2.05) is 6.92 Å². The summed E-state index contributed by atoms with van der Waals surface area (Å²) in [6, 6.07) is 6.31. The first kappa shape index (κ1) is 16.9. The molecule has 1 heterocycles. The zero-order valence-corrected chi connectivity index (χ0v) is 13.8. The predicted molar refractivity (Wildman–Crippen MR) is 88.3 cm³/mol. The van der Waals surface area contributed by atoms with Crippen LogP contribution in [0, 0.1) is 0 Å². The lowest BCUT2D eigenvalue weighted by atomic mass is 10.1. The van der Waals surface area contributed by atoms with Gasteiger partial charge in [0.05, 0.1) is 22.3 Å². The van der Waals surface area contributed by atoms with Crippen LogP contribution in [0.2, 0.25) is 5.02 Å². The molecule has 2 rings (SSSR count). The van der Waals surface area contributed by atoms with Crippen molar-refractivity contribution in [3.8, 4) is 0 Å². The van der Waals surface area contributed by atoms with Gasteiger partial charge in [0.2, 0.25) is 5.91 Å². The Bertz CT molecular complexity index is 721. The molecule has 1 atom stereocenters. The number of anilines is 1. The van der Waals surface area contributed by atoms with Gasteiger partial charge in [-0.15, -0.1) is 0 Å². The van der Waals surface area contributed by atoms with Gasteiger partial charge in [0.15, 0.2) is 0 Å². The summed E-state index contributed by atoms with van der Waals surface area (Å²) in [7, 11) is 1.68. The Morgan fingerprint density at radius 2 is 2.04 bits per heavy atom. The second-order valence-electron chi connectivity index (χ2n) is 5.10. The number of carbonyl (C=O) groups is 2. The molecule has 0 saturated heterocycles. The summed E-state index contributed by atoms with van der Waals surface area (Å²) < 4.78 is 0. The van der Waals surface area contributed by atoms with Crippen LogP contribution in [0.3, 0.4) is 0 Å². The number of benzene rings is 1. The predicted octanol–water partition coefficient (Wildman–Crippen LogP) is 2.92. The minimum atomic E-state index is -0.256. The fourth-order valence-corrected chi connectivity index (χ4v) is 2.28. The van der Waals surface area contributed by atoms with E-state index < -0.39 is 0 Å². The Labute approximate surface area is 139 Å². The summed E-state index contributed by atoms with van der Waals surface area (Å²) in [5.74, 6) is -0.471. The fourth-order valence-electron chi connectivity index (χ4n) is 2.08. The van der Waals surface area contributed by atoms with Gasteiger partial charge in [0.25, 0.3) is 5.91 Å². The van der Waals surface area contributed by atoms with Gasteiger partial charge in [-0.1, -0.05) is 11.6 Å². The summed E-state index contributed by atoms with van der Waals surface area (Å²) in [4.78, 5) is 33.4. The molecule has 0 spiro atoms. The molecule has 0 aliphatic heterocycles. The number of halogens is 1. The van der Waals surface area contributed by atoms with E-state index in [0.29, 0.717) is 16.3 Å². The van der Waals surface area contributed by atoms with E-state index in [1.54, 1.807) is 42.4 Å². The van der Waals surface area contributed by atoms with Crippen LogP contribution in [0.4, 0.5) is 5.69 Å². The first-order valence-electron chi connectivity index (χ1n) is 7.00. The van der Waals surface area contributed by atoms with Crippen molar-refractivity contribution in [3.05, 3.63) is 53.1 Å². The average Bonchev–Trinajstić information content (AvgIpc) is 2.55. The molecule has 0 fully saturated rings. The Morgan fingerprint density at radius 3 is 2.65 bits per heavy atom. The lowest BCUT2D eigenvalue weighted by molar-refractivity contribution is -0.114. The van der Waals surface area contributed by atoms with Crippen LogP contribution in [0.1, 0.15) is 35.9 Å². The van der Waals surface area contributed by atoms with Crippen molar-refractivity contribution in [2.24, 2.45) is 0 Å². The number of carbonyl (C=O) groups excluding carboxylic acids is 2. The van der Waals surface area contributed by atoms with Crippen LogP contribution >= 0.6 is 11.6 Å². The second kappa shape index (κ2) is 7.19. The average molecular weight is 333 g/mol. The molecule has 120 valence electrons. The monoisotopic (exact) mass is 332 g/mol. The molecule has 1 N–H and O–H groups in total. The quantitative estimate of drug-likeness (QED) is 0.934. The third-order valence-corrected chi connectivity index (χ3v) is 3.78. The Kier molecular flexibility index (Phi) is 5.28. The van der Waals surface area contributed by atoms with Gasteiger partial charge >= 0.3 is 0 Å². The summed E-state index contributed by atoms with van der Waals surface area (Å²) >= 11 is 6.14. The van der Waals surface area contributed by atoms with Gasteiger partial charge in [-0.25, -0.2) is 9.97 Å². The first-order valence-corrected chi connectivity index (χ1v) is 7.38. The second-order valence-corrected chi connectivity index (χ2v) is 5.51. The van der Waals surface area contributed by atoms with Crippen molar-refractivity contribution in [2.75, 3.05) is 12.4 Å². The molecule has 6 nitrogen and oxygen atoms in total. The number of nitrogens with zero attached hydrogens (tertiary/aromatic N) is 3. The minimum Gasteiger partial charge on any atom is -0.333 e. The molecule has 23 heavy (non-hydrogen) atoms. The third-order valence-electron chi connectivity index (χ3n) is 3.45. The highest BCUT2D eigenvalue weighted by atomic mass is 35.5. The summed E-state index contributed by atoms with van der Waals surface area (Å²) in [6.45, 7) is 3.27. The van der Waals surface area contributed by atoms with Crippen molar-refractivity contribution >= 4 is 29.1 Å². The third kappa shape index (κ3) is 4.04. The molecular formula is C16H17ClN4O2. The van der Waals surface area contributed by atoms with Crippen molar-refractivity contribution < 1.29 is 9.59 Å². The van der Waals surface area contributed by atoms with Crippen molar-refractivity contribution in [1.82, 2.24) is 14.9 Å². The van der Waals surface area contributed by atoms with Crippen LogP contribution < -0.4 is 5.32 Å². The molecule has 1 aromatic carbocycles. The van der Waals surface area contributed by atoms with E-state index in [2.05, 4.69) is 15.3 Å². The van der Waals surface area contributed by atoms with Gasteiger partial charge in [-0.3, -0.25) is 9.59 Å². The standard InChI is InChI=1S/C16H17ClN4O2/c1-10(15-6-7-18-9-19-15)21(3)16(23)13-8-12(20-11(2)22)4-5-14(13)17/h4-10H,1-3H3,(H,20,22)/t10-/m0/s1. The molecule has 0 aliphatic carbocycles. The summed E-state index contributed by atoms with van der Waals surface area (Å²) in [5, 5.41) is 2.96. The van der Waals surface area contributed by atoms with Gasteiger partial charge in [-0.2, -0.15) is 0 Å². The molecule has 2 aromatic rings. The van der Waals surface area contributed by atoms with E-state index in [0.717, 1.165) is 5.69 Å². The largest absolute Gasteiger partial charge is 0.333 e. The van der Waals surface area contributed by atoms with Crippen LogP contribution in [0.15, 0.2) is 36.8 Å². The van der Waals surface area contributed by atoms with Crippen LogP contribution in [0.25, 0.3) is 0 Å². The van der Waals surface area contributed by atoms with E-state index in [9.17, 15) is 9.59 Å². The Hall–Kier alpha value is -2.47. The van der Waals surface area contributed by atoms with E-state index >= 15 is 0 Å². The normalized spacial score (nSPS) is 11.7. The van der Waals surface area contributed by atoms with E-state index in [4.69, 9.17) is 11.6 Å². The van der Waals surface area contributed by atoms with Crippen molar-refractivity contribution in [3.63, 3.8) is 0 Å². The highest BCUT2D eigenvalue weighted by Gasteiger charge is 2.22.